The first-order valence-electron chi connectivity index (χ1n) is 6.17. The molecule has 5 heteroatoms. The molecule has 0 heterocycles. The van der Waals surface area contributed by atoms with Gasteiger partial charge in [0.05, 0.1) is 6.61 Å². The van der Waals surface area contributed by atoms with Gasteiger partial charge < -0.3 is 15.2 Å². The minimum Gasteiger partial charge on any atom is -0.385 e. The van der Waals surface area contributed by atoms with E-state index in [4.69, 9.17) is 15.2 Å². The second-order valence-electron chi connectivity index (χ2n) is 4.21. The molecule has 0 amide bonds. The third kappa shape index (κ3) is 10.7. The van der Waals surface area contributed by atoms with Crippen molar-refractivity contribution in [3.05, 3.63) is 35.9 Å². The third-order valence-corrected chi connectivity index (χ3v) is 2.85. The second kappa shape index (κ2) is 14.6. The predicted molar refractivity (Wildman–Crippen MR) is 81.1 cm³/mol. The van der Waals surface area contributed by atoms with Crippen LogP contribution in [0.3, 0.4) is 0 Å². The molecule has 0 fully saturated rings. The van der Waals surface area contributed by atoms with Crippen molar-refractivity contribution in [2.75, 3.05) is 26.9 Å². The molecule has 0 aliphatic heterocycles. The van der Waals surface area contributed by atoms with E-state index in [1.54, 1.807) is 7.11 Å². The van der Waals surface area contributed by atoms with E-state index < -0.39 is 0 Å². The van der Waals surface area contributed by atoms with Crippen molar-refractivity contribution in [1.29, 1.82) is 0 Å². The third-order valence-electron chi connectivity index (χ3n) is 2.85. The van der Waals surface area contributed by atoms with Gasteiger partial charge in [-0.3, -0.25) is 0 Å². The minimum absolute atomic E-state index is 0. The fourth-order valence-corrected chi connectivity index (χ4v) is 1.68. The topological polar surface area (TPSA) is 44.5 Å². The van der Waals surface area contributed by atoms with Crippen LogP contribution < -0.4 is 24.6 Å². The smallest absolute Gasteiger partial charge is 0.385 e. The number of ether oxygens (including phenoxy) is 2. The SMILES string of the molecule is COCCC(CN)CCOCc1ccccc1.[AlH4-].[Li+]. The summed E-state index contributed by atoms with van der Waals surface area (Å²) in [4.78, 5) is 0. The van der Waals surface area contributed by atoms with Crippen LogP contribution in [0.5, 0.6) is 0 Å². The van der Waals surface area contributed by atoms with Gasteiger partial charge in [-0.1, -0.05) is 30.3 Å². The number of benzene rings is 1. The molecule has 0 bridgehead atoms. The zero-order valence-corrected chi connectivity index (χ0v) is 11.6. The Kier molecular flexibility index (Phi) is 16.6. The van der Waals surface area contributed by atoms with Crippen molar-refractivity contribution in [3.8, 4) is 0 Å². The van der Waals surface area contributed by atoms with Crippen LogP contribution in [0.15, 0.2) is 30.3 Å². The largest absolute Gasteiger partial charge is 1.00 e. The minimum atomic E-state index is 0. The quantitative estimate of drug-likeness (QED) is 0.409. The molecule has 104 valence electrons. The molecule has 0 spiro atoms. The van der Waals surface area contributed by atoms with Crippen molar-refractivity contribution in [3.63, 3.8) is 0 Å². The second-order valence-corrected chi connectivity index (χ2v) is 4.21. The van der Waals surface area contributed by atoms with Gasteiger partial charge in [-0.15, -0.1) is 0 Å². The first-order valence-corrected chi connectivity index (χ1v) is 6.17. The average molecular weight is 275 g/mol. The number of rotatable bonds is 9. The summed E-state index contributed by atoms with van der Waals surface area (Å²) in [5, 5.41) is 0. The number of nitrogens with two attached hydrogens (primary N) is 1. The molecule has 0 aliphatic carbocycles. The van der Waals surface area contributed by atoms with Crippen molar-refractivity contribution in [2.24, 2.45) is 11.7 Å². The van der Waals surface area contributed by atoms with Gasteiger partial charge in [-0.05, 0) is 30.9 Å². The molecule has 0 aliphatic rings. The van der Waals surface area contributed by atoms with Gasteiger partial charge in [-0.2, -0.15) is 0 Å². The Bertz CT molecular complexity index is 288. The van der Waals surface area contributed by atoms with Gasteiger partial charge in [0.25, 0.3) is 0 Å². The van der Waals surface area contributed by atoms with Crippen LogP contribution in [0.1, 0.15) is 18.4 Å². The number of methoxy groups -OCH3 is 1. The van der Waals surface area contributed by atoms with Gasteiger partial charge in [0.1, 0.15) is 0 Å². The number of hydrogen-bond acceptors (Lipinski definition) is 3. The first kappa shape index (κ1) is 21.5. The molecular formula is C14H27AlLiNO2. The fraction of sp³-hybridized carbons (Fsp3) is 0.571. The molecule has 1 unspecified atom stereocenters. The van der Waals surface area contributed by atoms with Crippen LogP contribution in [-0.4, -0.2) is 44.2 Å². The van der Waals surface area contributed by atoms with Gasteiger partial charge in [0, 0.05) is 37.7 Å². The van der Waals surface area contributed by atoms with Gasteiger partial charge >= 0.3 is 18.9 Å². The summed E-state index contributed by atoms with van der Waals surface area (Å²) < 4.78 is 10.7. The first-order chi connectivity index (χ1) is 8.36. The van der Waals surface area contributed by atoms with E-state index in [0.29, 0.717) is 19.1 Å². The summed E-state index contributed by atoms with van der Waals surface area (Å²) in [6, 6.07) is 10.2. The Hall–Kier alpha value is 0.230. The van der Waals surface area contributed by atoms with E-state index in [2.05, 4.69) is 12.1 Å². The van der Waals surface area contributed by atoms with E-state index >= 15 is 0 Å². The van der Waals surface area contributed by atoms with Crippen LogP contribution in [0.2, 0.25) is 0 Å². The van der Waals surface area contributed by atoms with E-state index in [-0.39, 0.29) is 36.2 Å². The normalized spacial score (nSPS) is 11.3. The zero-order chi connectivity index (χ0) is 12.3. The van der Waals surface area contributed by atoms with Crippen molar-refractivity contribution in [1.82, 2.24) is 0 Å². The standard InChI is InChI=1S/C14H23NO2.Al.Li.4H/c1-16-9-7-13(11-15)8-10-17-12-14-5-3-2-4-6-14;;;;;;/h2-6,13H,7-12,15H2,1H3;;;;;;/q;-1;+1;;;;. The molecule has 0 saturated carbocycles. The maximum Gasteiger partial charge on any atom is 1.00 e. The molecule has 0 aromatic heterocycles. The summed E-state index contributed by atoms with van der Waals surface area (Å²) in [6.45, 7) is 2.93. The fourth-order valence-electron chi connectivity index (χ4n) is 1.68. The van der Waals surface area contributed by atoms with E-state index in [0.717, 1.165) is 26.1 Å². The molecular weight excluding hydrogens is 248 g/mol. The summed E-state index contributed by atoms with van der Waals surface area (Å²) in [5.74, 6) is 0.505. The Morgan fingerprint density at radius 3 is 2.32 bits per heavy atom. The van der Waals surface area contributed by atoms with Gasteiger partial charge in [0.2, 0.25) is 0 Å². The van der Waals surface area contributed by atoms with Crippen LogP contribution >= 0.6 is 0 Å². The van der Waals surface area contributed by atoms with Crippen LogP contribution in [0.4, 0.5) is 0 Å². The summed E-state index contributed by atoms with van der Waals surface area (Å²) in [5.41, 5.74) is 6.91. The van der Waals surface area contributed by atoms with Gasteiger partial charge in [0.15, 0.2) is 0 Å². The van der Waals surface area contributed by atoms with Crippen molar-refractivity contribution < 1.29 is 28.3 Å². The molecule has 0 radical (unpaired) electrons. The molecule has 19 heavy (non-hydrogen) atoms. The zero-order valence-electron chi connectivity index (χ0n) is 11.6. The summed E-state index contributed by atoms with van der Waals surface area (Å²) in [6.07, 6.45) is 2.02. The summed E-state index contributed by atoms with van der Waals surface area (Å²) >= 11 is 0. The molecule has 1 rings (SSSR count). The molecule has 1 aromatic carbocycles. The average Bonchev–Trinajstić information content (AvgIpc) is 2.39. The van der Waals surface area contributed by atoms with Crippen LogP contribution in [-0.2, 0) is 16.1 Å². The molecule has 3 nitrogen and oxygen atoms in total. The Morgan fingerprint density at radius 1 is 1.11 bits per heavy atom. The maximum atomic E-state index is 5.70. The van der Waals surface area contributed by atoms with Crippen LogP contribution in [0, 0.1) is 5.92 Å². The molecule has 1 atom stereocenters. The van der Waals surface area contributed by atoms with E-state index in [9.17, 15) is 0 Å². The molecule has 2 N–H and O–H groups in total. The molecule has 1 aromatic rings. The monoisotopic (exact) mass is 275 g/mol. The van der Waals surface area contributed by atoms with E-state index in [1.165, 1.54) is 5.56 Å². The molecule has 0 saturated heterocycles. The Balaban J connectivity index is 0. The van der Waals surface area contributed by atoms with Gasteiger partial charge in [-0.25, -0.2) is 0 Å². The number of hydrogen-bond donors (Lipinski definition) is 1. The van der Waals surface area contributed by atoms with Crippen LogP contribution in [0.25, 0.3) is 0 Å². The Labute approximate surface area is 139 Å². The Morgan fingerprint density at radius 2 is 1.74 bits per heavy atom. The summed E-state index contributed by atoms with van der Waals surface area (Å²) in [7, 11) is 1.72. The maximum absolute atomic E-state index is 5.70. The van der Waals surface area contributed by atoms with Crippen molar-refractivity contribution in [2.45, 2.75) is 19.4 Å². The van der Waals surface area contributed by atoms with Crippen molar-refractivity contribution >= 4 is 17.4 Å². The predicted octanol–water partition coefficient (Wildman–Crippen LogP) is -2.24. The van der Waals surface area contributed by atoms with E-state index in [1.807, 2.05) is 18.2 Å².